The molecule has 26 heavy (non-hydrogen) atoms. The number of likely N-dealkylation sites (tertiary alicyclic amines) is 1. The molecule has 2 heterocycles. The number of hydrogen-bond donors (Lipinski definition) is 1. The fourth-order valence-electron chi connectivity index (χ4n) is 3.25. The van der Waals surface area contributed by atoms with Crippen molar-refractivity contribution in [3.05, 3.63) is 47.8 Å². The first-order chi connectivity index (χ1) is 12.7. The second kappa shape index (κ2) is 9.12. The number of nitrogens with one attached hydrogen (secondary N) is 1. The van der Waals surface area contributed by atoms with Gasteiger partial charge in [0.05, 0.1) is 12.7 Å². The van der Waals surface area contributed by atoms with Crippen molar-refractivity contribution < 1.29 is 0 Å². The van der Waals surface area contributed by atoms with Crippen molar-refractivity contribution in [3.8, 4) is 0 Å². The summed E-state index contributed by atoms with van der Waals surface area (Å²) in [7, 11) is 1.98. The third kappa shape index (κ3) is 5.04. The van der Waals surface area contributed by atoms with Crippen molar-refractivity contribution in [1.82, 2.24) is 20.0 Å². The molecular weight excluding hydrogens is 342 g/mol. The summed E-state index contributed by atoms with van der Waals surface area (Å²) < 4.78 is 1.89. The van der Waals surface area contributed by atoms with Gasteiger partial charge in [0.2, 0.25) is 0 Å². The molecule has 1 unspecified atom stereocenters. The van der Waals surface area contributed by atoms with Crippen LogP contribution >= 0.6 is 11.8 Å². The third-order valence-corrected chi connectivity index (χ3v) is 5.65. The van der Waals surface area contributed by atoms with Crippen LogP contribution in [0.25, 0.3) is 0 Å². The summed E-state index contributed by atoms with van der Waals surface area (Å²) >= 11 is 1.87. The molecule has 1 aliphatic rings. The number of nitrogens with zero attached hydrogens (tertiary/aromatic N) is 4. The van der Waals surface area contributed by atoms with Crippen LogP contribution < -0.4 is 5.32 Å². The Hall–Kier alpha value is -1.95. The van der Waals surface area contributed by atoms with E-state index in [0.29, 0.717) is 5.92 Å². The summed E-state index contributed by atoms with van der Waals surface area (Å²) in [5.74, 6) is 2.59. The first-order valence-electron chi connectivity index (χ1n) is 9.37. The average Bonchev–Trinajstić information content (AvgIpc) is 3.28. The fourth-order valence-corrected chi connectivity index (χ4v) is 4.00. The molecule has 0 radical (unpaired) electrons. The number of aromatic nitrogens is 2. The first kappa shape index (κ1) is 18.8. The lowest BCUT2D eigenvalue weighted by Gasteiger charge is -2.21. The van der Waals surface area contributed by atoms with E-state index in [-0.39, 0.29) is 0 Å². The quantitative estimate of drug-likeness (QED) is 0.366. The van der Waals surface area contributed by atoms with Crippen LogP contribution in [0.2, 0.25) is 0 Å². The lowest BCUT2D eigenvalue weighted by molar-refractivity contribution is 0.487. The van der Waals surface area contributed by atoms with Gasteiger partial charge >= 0.3 is 0 Å². The van der Waals surface area contributed by atoms with E-state index in [9.17, 15) is 0 Å². The van der Waals surface area contributed by atoms with Gasteiger partial charge < -0.3 is 10.2 Å². The lowest BCUT2D eigenvalue weighted by atomic mass is 10.0. The molecule has 1 N–H and O–H groups in total. The molecular formula is C20H29N5S. The minimum atomic E-state index is 0.550. The summed E-state index contributed by atoms with van der Waals surface area (Å²) in [5, 5.41) is 7.77. The number of aliphatic imine (C=N–C) groups is 1. The van der Waals surface area contributed by atoms with Crippen LogP contribution in [0.4, 0.5) is 0 Å². The third-order valence-electron chi connectivity index (χ3n) is 4.66. The van der Waals surface area contributed by atoms with Gasteiger partial charge in [-0.25, -0.2) is 0 Å². The summed E-state index contributed by atoms with van der Waals surface area (Å²) in [4.78, 5) is 8.55. The predicted octanol–water partition coefficient (Wildman–Crippen LogP) is 3.28. The normalized spacial score (nSPS) is 17.7. The highest BCUT2D eigenvalue weighted by Crippen LogP contribution is 2.26. The van der Waals surface area contributed by atoms with Crippen LogP contribution in [0.3, 0.4) is 0 Å². The van der Waals surface area contributed by atoms with E-state index in [4.69, 9.17) is 4.99 Å². The van der Waals surface area contributed by atoms with Crippen LogP contribution in [0, 0.1) is 6.92 Å². The minimum absolute atomic E-state index is 0.550. The zero-order valence-electron chi connectivity index (χ0n) is 16.0. The molecule has 1 aromatic heterocycles. The molecule has 0 amide bonds. The molecule has 1 atom stereocenters. The largest absolute Gasteiger partial charge is 0.357 e. The molecule has 0 spiro atoms. The van der Waals surface area contributed by atoms with E-state index in [2.05, 4.69) is 59.6 Å². The molecule has 1 saturated heterocycles. The van der Waals surface area contributed by atoms with Crippen molar-refractivity contribution in [2.24, 2.45) is 12.0 Å². The Bertz CT molecular complexity index is 722. The molecule has 0 aliphatic carbocycles. The Balaban J connectivity index is 1.53. The van der Waals surface area contributed by atoms with Gasteiger partial charge in [0, 0.05) is 49.4 Å². The van der Waals surface area contributed by atoms with Gasteiger partial charge in [-0.3, -0.25) is 9.67 Å². The molecule has 5 nitrogen and oxygen atoms in total. The maximum atomic E-state index is 4.85. The zero-order chi connectivity index (χ0) is 18.4. The Labute approximate surface area is 160 Å². The fraction of sp³-hybridized carbons (Fsp3) is 0.500. The lowest BCUT2D eigenvalue weighted by Crippen LogP contribution is -2.40. The summed E-state index contributed by atoms with van der Waals surface area (Å²) in [6.07, 6.45) is 5.29. The topological polar surface area (TPSA) is 45.5 Å². The van der Waals surface area contributed by atoms with Gasteiger partial charge in [-0.1, -0.05) is 17.7 Å². The summed E-state index contributed by atoms with van der Waals surface area (Å²) in [6, 6.07) is 8.71. The standard InChI is InChI=1S/C20H29N5S/c1-4-21-20(22-10-12-26-19-7-5-16(2)6-8-19)25-11-9-17(15-25)18-13-23-24(3)14-18/h5-8,13-14,17H,4,9-12,15H2,1-3H3,(H,21,22). The molecule has 1 aliphatic heterocycles. The SMILES string of the molecule is CCNC(=NCCSc1ccc(C)cc1)N1CCC(c2cnn(C)c2)C1. The summed E-state index contributed by atoms with van der Waals surface area (Å²) in [6.45, 7) is 8.05. The zero-order valence-corrected chi connectivity index (χ0v) is 16.8. The van der Waals surface area contributed by atoms with Gasteiger partial charge in [0.25, 0.3) is 0 Å². The van der Waals surface area contributed by atoms with Gasteiger partial charge in [-0.15, -0.1) is 11.8 Å². The highest BCUT2D eigenvalue weighted by atomic mass is 32.2. The van der Waals surface area contributed by atoms with Gasteiger partial charge in [-0.05, 0) is 38.0 Å². The van der Waals surface area contributed by atoms with Gasteiger partial charge in [0.15, 0.2) is 5.96 Å². The van der Waals surface area contributed by atoms with E-state index in [1.54, 1.807) is 0 Å². The second-order valence-corrected chi connectivity index (χ2v) is 7.94. The minimum Gasteiger partial charge on any atom is -0.357 e. The Morgan fingerprint density at radius 2 is 2.15 bits per heavy atom. The first-order valence-corrected chi connectivity index (χ1v) is 10.4. The predicted molar refractivity (Wildman–Crippen MR) is 110 cm³/mol. The second-order valence-electron chi connectivity index (χ2n) is 6.78. The average molecular weight is 372 g/mol. The van der Waals surface area contributed by atoms with E-state index in [1.165, 1.54) is 16.0 Å². The highest BCUT2D eigenvalue weighted by Gasteiger charge is 2.26. The number of aryl methyl sites for hydroxylation is 2. The Morgan fingerprint density at radius 3 is 2.85 bits per heavy atom. The maximum absolute atomic E-state index is 4.85. The molecule has 2 aromatic rings. The monoisotopic (exact) mass is 371 g/mol. The van der Waals surface area contributed by atoms with Crippen LogP contribution in [-0.2, 0) is 7.05 Å². The van der Waals surface area contributed by atoms with Crippen LogP contribution in [-0.4, -0.2) is 52.6 Å². The van der Waals surface area contributed by atoms with Crippen LogP contribution in [0.1, 0.15) is 30.4 Å². The van der Waals surface area contributed by atoms with Gasteiger partial charge in [-0.2, -0.15) is 5.10 Å². The van der Waals surface area contributed by atoms with Crippen molar-refractivity contribution in [2.45, 2.75) is 31.1 Å². The smallest absolute Gasteiger partial charge is 0.193 e. The number of benzene rings is 1. The van der Waals surface area contributed by atoms with Crippen molar-refractivity contribution in [1.29, 1.82) is 0 Å². The number of guanidine groups is 1. The van der Waals surface area contributed by atoms with E-state index >= 15 is 0 Å². The van der Waals surface area contributed by atoms with Crippen molar-refractivity contribution in [3.63, 3.8) is 0 Å². The Kier molecular flexibility index (Phi) is 6.61. The molecule has 140 valence electrons. The maximum Gasteiger partial charge on any atom is 0.193 e. The van der Waals surface area contributed by atoms with Crippen molar-refractivity contribution in [2.75, 3.05) is 31.9 Å². The van der Waals surface area contributed by atoms with Crippen molar-refractivity contribution >= 4 is 17.7 Å². The van der Waals surface area contributed by atoms with E-state index in [1.807, 2.05) is 29.7 Å². The molecule has 1 aromatic carbocycles. The Morgan fingerprint density at radius 1 is 1.35 bits per heavy atom. The number of hydrogen-bond acceptors (Lipinski definition) is 3. The van der Waals surface area contributed by atoms with Crippen LogP contribution in [0.15, 0.2) is 46.5 Å². The molecule has 6 heteroatoms. The molecule has 3 rings (SSSR count). The number of rotatable bonds is 6. The molecule has 1 fully saturated rings. The van der Waals surface area contributed by atoms with Crippen LogP contribution in [0.5, 0.6) is 0 Å². The molecule has 0 saturated carbocycles. The number of thioether (sulfide) groups is 1. The van der Waals surface area contributed by atoms with E-state index in [0.717, 1.165) is 44.3 Å². The molecule has 0 bridgehead atoms. The highest BCUT2D eigenvalue weighted by molar-refractivity contribution is 7.99. The van der Waals surface area contributed by atoms with Gasteiger partial charge in [0.1, 0.15) is 0 Å². The summed E-state index contributed by atoms with van der Waals surface area (Å²) in [5.41, 5.74) is 2.64. The van der Waals surface area contributed by atoms with E-state index < -0.39 is 0 Å².